The first-order valence-electron chi connectivity index (χ1n) is 11.0. The number of methoxy groups -OCH3 is 1. The summed E-state index contributed by atoms with van der Waals surface area (Å²) in [4.78, 5) is 27.2. The first-order chi connectivity index (χ1) is 15.6. The molecule has 0 spiro atoms. The predicted octanol–water partition coefficient (Wildman–Crippen LogP) is 4.30. The van der Waals surface area contributed by atoms with Gasteiger partial charge >= 0.3 is 6.09 Å². The van der Waals surface area contributed by atoms with E-state index in [0.29, 0.717) is 42.3 Å². The summed E-state index contributed by atoms with van der Waals surface area (Å²) in [6.45, 7) is 8.37. The number of rotatable bonds is 8. The number of amides is 2. The van der Waals surface area contributed by atoms with Gasteiger partial charge in [0.1, 0.15) is 5.60 Å². The van der Waals surface area contributed by atoms with Crippen LogP contribution in [0.1, 0.15) is 61.6 Å². The molecule has 0 unspecified atom stereocenters. The van der Waals surface area contributed by atoms with Crippen LogP contribution in [0, 0.1) is 0 Å². The number of hydrogen-bond acceptors (Lipinski definition) is 6. The molecule has 0 bridgehead atoms. The molecule has 0 aliphatic carbocycles. The van der Waals surface area contributed by atoms with Crippen LogP contribution in [-0.4, -0.2) is 42.8 Å². The SMILES string of the molecule is CCOc1cc([C@@H](CC[N]C(=O)OC(C)(C)C)N2Cc3cccc(N)c3C2=O)ccc1OC. The molecule has 1 heterocycles. The third-order valence-corrected chi connectivity index (χ3v) is 5.28. The first-order valence-corrected chi connectivity index (χ1v) is 11.0. The van der Waals surface area contributed by atoms with Crippen molar-refractivity contribution in [3.05, 3.63) is 53.1 Å². The van der Waals surface area contributed by atoms with Crippen molar-refractivity contribution in [2.45, 2.75) is 52.3 Å². The monoisotopic (exact) mass is 454 g/mol. The number of fused-ring (bicyclic) bond motifs is 1. The van der Waals surface area contributed by atoms with Gasteiger partial charge < -0.3 is 24.8 Å². The summed E-state index contributed by atoms with van der Waals surface area (Å²) in [5.74, 6) is 1.06. The van der Waals surface area contributed by atoms with Gasteiger partial charge in [-0.1, -0.05) is 18.2 Å². The quantitative estimate of drug-likeness (QED) is 0.596. The lowest BCUT2D eigenvalue weighted by Gasteiger charge is -2.29. The average molecular weight is 455 g/mol. The standard InChI is InChI=1S/C25H32N3O5/c1-6-32-21-14-16(10-11-20(21)31-5)19(12-13-27-24(30)33-25(2,3)4)28-15-17-8-7-9-18(26)22(17)23(28)29/h7-11,14,19H,6,12-13,15,26H2,1-5H3/t19-/m1/s1. The average Bonchev–Trinajstić information content (AvgIpc) is 3.07. The number of ether oxygens (including phenoxy) is 3. The molecule has 2 N–H and O–H groups in total. The van der Waals surface area contributed by atoms with E-state index in [1.165, 1.54) is 0 Å². The lowest BCUT2D eigenvalue weighted by atomic mass is 10.0. The topological polar surface area (TPSA) is 105 Å². The Balaban J connectivity index is 1.88. The van der Waals surface area contributed by atoms with Gasteiger partial charge in [-0.3, -0.25) is 4.79 Å². The van der Waals surface area contributed by atoms with Crippen LogP contribution in [-0.2, 0) is 11.3 Å². The maximum Gasteiger partial charge on any atom is 0.429 e. The van der Waals surface area contributed by atoms with Crippen LogP contribution in [0.4, 0.5) is 10.5 Å². The van der Waals surface area contributed by atoms with Crippen LogP contribution < -0.4 is 20.5 Å². The van der Waals surface area contributed by atoms with Crippen molar-refractivity contribution in [3.8, 4) is 11.5 Å². The maximum absolute atomic E-state index is 13.3. The molecule has 1 aliphatic rings. The highest BCUT2D eigenvalue weighted by atomic mass is 16.6. The number of anilines is 1. The van der Waals surface area contributed by atoms with Gasteiger partial charge in [-0.05, 0) is 63.4 Å². The molecule has 2 aromatic rings. The van der Waals surface area contributed by atoms with Gasteiger partial charge in [-0.2, -0.15) is 0 Å². The van der Waals surface area contributed by atoms with E-state index in [1.54, 1.807) is 38.8 Å². The Labute approximate surface area is 195 Å². The minimum absolute atomic E-state index is 0.140. The van der Waals surface area contributed by atoms with E-state index in [4.69, 9.17) is 19.9 Å². The van der Waals surface area contributed by atoms with Gasteiger partial charge in [0.15, 0.2) is 11.5 Å². The number of carbonyl (C=O) groups excluding carboxylic acids is 2. The van der Waals surface area contributed by atoms with Crippen molar-refractivity contribution in [2.75, 3.05) is 26.0 Å². The van der Waals surface area contributed by atoms with E-state index in [2.05, 4.69) is 5.32 Å². The van der Waals surface area contributed by atoms with Crippen LogP contribution in [0.5, 0.6) is 11.5 Å². The summed E-state index contributed by atoms with van der Waals surface area (Å²) < 4.78 is 16.4. The Kier molecular flexibility index (Phi) is 7.36. The Morgan fingerprint density at radius 1 is 1.21 bits per heavy atom. The van der Waals surface area contributed by atoms with Crippen molar-refractivity contribution in [3.63, 3.8) is 0 Å². The van der Waals surface area contributed by atoms with Gasteiger partial charge in [-0.15, -0.1) is 0 Å². The summed E-state index contributed by atoms with van der Waals surface area (Å²) in [6.07, 6.45) is -0.192. The fraction of sp³-hybridized carbons (Fsp3) is 0.440. The summed E-state index contributed by atoms with van der Waals surface area (Å²) in [5, 5.41) is 4.05. The van der Waals surface area contributed by atoms with Crippen LogP contribution in [0.15, 0.2) is 36.4 Å². The van der Waals surface area contributed by atoms with Gasteiger partial charge in [0.2, 0.25) is 0 Å². The number of nitrogens with zero attached hydrogens (tertiary/aromatic N) is 2. The zero-order chi connectivity index (χ0) is 24.2. The zero-order valence-corrected chi connectivity index (χ0v) is 19.9. The van der Waals surface area contributed by atoms with E-state index < -0.39 is 11.7 Å². The van der Waals surface area contributed by atoms with Gasteiger partial charge in [0.05, 0.1) is 25.3 Å². The van der Waals surface area contributed by atoms with E-state index in [9.17, 15) is 9.59 Å². The summed E-state index contributed by atoms with van der Waals surface area (Å²) in [6, 6.07) is 10.7. The Morgan fingerprint density at radius 3 is 2.61 bits per heavy atom. The smallest absolute Gasteiger partial charge is 0.429 e. The molecule has 33 heavy (non-hydrogen) atoms. The fourth-order valence-corrected chi connectivity index (χ4v) is 3.91. The number of benzene rings is 2. The third-order valence-electron chi connectivity index (χ3n) is 5.28. The van der Waals surface area contributed by atoms with E-state index >= 15 is 0 Å². The minimum Gasteiger partial charge on any atom is -0.493 e. The highest BCUT2D eigenvalue weighted by Gasteiger charge is 2.35. The molecule has 2 aromatic carbocycles. The second-order valence-electron chi connectivity index (χ2n) is 8.82. The first kappa shape index (κ1) is 24.2. The number of nitrogen functional groups attached to an aromatic ring is 1. The molecule has 0 saturated heterocycles. The van der Waals surface area contributed by atoms with Crippen molar-refractivity contribution in [2.24, 2.45) is 0 Å². The van der Waals surface area contributed by atoms with Crippen molar-refractivity contribution >= 4 is 17.7 Å². The molecule has 1 radical (unpaired) electrons. The predicted molar refractivity (Wildman–Crippen MR) is 125 cm³/mol. The highest BCUT2D eigenvalue weighted by molar-refractivity contribution is 6.03. The molecule has 1 aliphatic heterocycles. The number of carbonyl (C=O) groups is 2. The molecule has 3 rings (SSSR count). The van der Waals surface area contributed by atoms with Gasteiger partial charge in [0.25, 0.3) is 5.91 Å². The highest BCUT2D eigenvalue weighted by Crippen LogP contribution is 2.38. The van der Waals surface area contributed by atoms with Gasteiger partial charge in [0, 0.05) is 18.8 Å². The maximum atomic E-state index is 13.3. The lowest BCUT2D eigenvalue weighted by Crippen LogP contribution is -2.33. The largest absolute Gasteiger partial charge is 0.493 e. The van der Waals surface area contributed by atoms with Gasteiger partial charge in [-0.25, -0.2) is 10.1 Å². The molecule has 177 valence electrons. The molecule has 8 heteroatoms. The van der Waals surface area contributed by atoms with E-state index in [-0.39, 0.29) is 18.5 Å². The Bertz CT molecular complexity index is 1020. The lowest BCUT2D eigenvalue weighted by molar-refractivity contribution is 0.0512. The van der Waals surface area contributed by atoms with Crippen LogP contribution in [0.2, 0.25) is 0 Å². The van der Waals surface area contributed by atoms with Crippen LogP contribution in [0.25, 0.3) is 0 Å². The number of hydrogen-bond donors (Lipinski definition) is 1. The third kappa shape index (κ3) is 5.69. The zero-order valence-electron chi connectivity index (χ0n) is 19.9. The van der Waals surface area contributed by atoms with Crippen molar-refractivity contribution in [1.82, 2.24) is 10.2 Å². The van der Waals surface area contributed by atoms with Crippen molar-refractivity contribution < 1.29 is 23.8 Å². The Morgan fingerprint density at radius 2 is 1.97 bits per heavy atom. The second kappa shape index (κ2) is 10.0. The summed E-state index contributed by atoms with van der Waals surface area (Å²) in [5.41, 5.74) is 8.22. The van der Waals surface area contributed by atoms with E-state index in [1.807, 2.05) is 37.3 Å². The normalized spacial score (nSPS) is 14.0. The molecule has 0 saturated carbocycles. The summed E-state index contributed by atoms with van der Waals surface area (Å²) in [7, 11) is 1.58. The fourth-order valence-electron chi connectivity index (χ4n) is 3.91. The number of nitrogens with two attached hydrogens (primary N) is 1. The molecule has 2 amide bonds. The Hall–Kier alpha value is -3.42. The molecular formula is C25H32N3O5. The molecule has 1 atom stereocenters. The van der Waals surface area contributed by atoms with Crippen LogP contribution in [0.3, 0.4) is 0 Å². The molecular weight excluding hydrogens is 422 g/mol. The molecule has 0 aromatic heterocycles. The minimum atomic E-state index is -0.619. The molecule has 0 fully saturated rings. The van der Waals surface area contributed by atoms with E-state index in [0.717, 1.165) is 11.1 Å². The van der Waals surface area contributed by atoms with Crippen molar-refractivity contribution in [1.29, 1.82) is 0 Å². The molecule has 8 nitrogen and oxygen atoms in total. The van der Waals surface area contributed by atoms with Crippen LogP contribution >= 0.6 is 0 Å². The summed E-state index contributed by atoms with van der Waals surface area (Å²) >= 11 is 0. The second-order valence-corrected chi connectivity index (χ2v) is 8.82.